The summed E-state index contributed by atoms with van der Waals surface area (Å²) in [5, 5.41) is 9.69. The predicted octanol–water partition coefficient (Wildman–Crippen LogP) is 27.9. The van der Waals surface area contributed by atoms with Crippen LogP contribution in [-0.2, 0) is 10.8 Å². The van der Waals surface area contributed by atoms with E-state index in [1.54, 1.807) is 0 Å². The minimum atomic E-state index is -0.201. The fourth-order valence-corrected chi connectivity index (χ4v) is 17.2. The van der Waals surface area contributed by atoms with Crippen molar-refractivity contribution in [3.05, 3.63) is 386 Å². The van der Waals surface area contributed by atoms with Crippen LogP contribution < -0.4 is 9.80 Å². The highest BCUT2D eigenvalue weighted by Gasteiger charge is 2.38. The zero-order chi connectivity index (χ0) is 68.2. The summed E-state index contributed by atoms with van der Waals surface area (Å²) in [6.45, 7) is 9.53. The van der Waals surface area contributed by atoms with E-state index in [0.29, 0.717) is 0 Å². The molecule has 19 rings (SSSR count). The molecule has 0 spiro atoms. The number of nitrogens with zero attached hydrogens (tertiary/aromatic N) is 2. The summed E-state index contributed by atoms with van der Waals surface area (Å²) in [5.74, 6) is 0. The van der Waals surface area contributed by atoms with Gasteiger partial charge in [-0.1, -0.05) is 337 Å². The van der Waals surface area contributed by atoms with Crippen LogP contribution in [0.1, 0.15) is 49.9 Å². The molecule has 102 heavy (non-hydrogen) atoms. The van der Waals surface area contributed by atoms with Gasteiger partial charge in [-0.25, -0.2) is 0 Å². The Bertz CT molecular complexity index is 6140. The summed E-state index contributed by atoms with van der Waals surface area (Å²) >= 11 is 0. The van der Waals surface area contributed by atoms with Gasteiger partial charge in [0.2, 0.25) is 0 Å². The molecule has 0 saturated heterocycles. The average molecular weight is 1300 g/mol. The molecule has 2 heteroatoms. The molecule has 0 radical (unpaired) electrons. The lowest BCUT2D eigenvalue weighted by Gasteiger charge is -2.32. The van der Waals surface area contributed by atoms with E-state index in [2.05, 4.69) is 401 Å². The van der Waals surface area contributed by atoms with Gasteiger partial charge in [0.1, 0.15) is 0 Å². The smallest absolute Gasteiger partial charge is 0.0624 e. The normalized spacial score (nSPS) is 13.1. The van der Waals surface area contributed by atoms with Crippen molar-refractivity contribution in [1.29, 1.82) is 0 Å². The van der Waals surface area contributed by atoms with Gasteiger partial charge in [-0.2, -0.15) is 0 Å². The summed E-state index contributed by atoms with van der Waals surface area (Å²) in [6, 6.07) is 136. The van der Waals surface area contributed by atoms with Crippen molar-refractivity contribution in [2.45, 2.75) is 38.5 Å². The van der Waals surface area contributed by atoms with Gasteiger partial charge in [0.15, 0.2) is 0 Å². The average Bonchev–Trinajstić information content (AvgIpc) is 1.12. The SMILES string of the molecule is CC1(C)c2ccccc2-c2ccc(N(c3ccc(-c4ccc(-c5cccc(-c6c(N(c7ccc(-c8ccccc8)cc7)c7ccc8c(c7)C(C)(C)c7ccccc7-8)c7ccccc7c7ccccc67)c5)cc4)cc3)c3c(-c4ccc(-c5ccccc5)cc4)c4ccccc4c4ccccc34)cc21. The van der Waals surface area contributed by atoms with Crippen LogP contribution in [0.4, 0.5) is 34.1 Å². The van der Waals surface area contributed by atoms with Crippen LogP contribution in [0.2, 0.25) is 0 Å². The molecule has 0 aliphatic heterocycles. The van der Waals surface area contributed by atoms with Gasteiger partial charge in [-0.05, 0) is 187 Å². The maximum absolute atomic E-state index is 2.55. The molecule has 0 heterocycles. The number of rotatable bonds is 12. The second-order valence-corrected chi connectivity index (χ2v) is 28.7. The lowest BCUT2D eigenvalue weighted by Crippen LogP contribution is -2.17. The van der Waals surface area contributed by atoms with Gasteiger partial charge < -0.3 is 9.80 Å². The molecule has 17 aromatic carbocycles. The maximum Gasteiger partial charge on any atom is 0.0624 e. The van der Waals surface area contributed by atoms with E-state index in [-0.39, 0.29) is 10.8 Å². The second-order valence-electron chi connectivity index (χ2n) is 28.7. The molecule has 2 aliphatic carbocycles. The van der Waals surface area contributed by atoms with Gasteiger partial charge in [0.05, 0.1) is 11.4 Å². The molecule has 0 aromatic heterocycles. The second kappa shape index (κ2) is 24.1. The van der Waals surface area contributed by atoms with E-state index in [1.807, 2.05) is 0 Å². The number of anilines is 6. The van der Waals surface area contributed by atoms with Crippen molar-refractivity contribution in [2.75, 3.05) is 9.80 Å². The third-order valence-corrected chi connectivity index (χ3v) is 22.3. The number of fused-ring (bicyclic) bond motifs is 12. The molecule has 482 valence electrons. The van der Waals surface area contributed by atoms with Crippen LogP contribution in [0, 0.1) is 0 Å². The highest BCUT2D eigenvalue weighted by atomic mass is 15.2. The Morgan fingerprint density at radius 3 is 0.873 bits per heavy atom. The fraction of sp³-hybridized carbons (Fsp3) is 0.0600. The highest BCUT2D eigenvalue weighted by molar-refractivity contribution is 6.24. The van der Waals surface area contributed by atoms with E-state index in [9.17, 15) is 0 Å². The Morgan fingerprint density at radius 2 is 0.451 bits per heavy atom. The first-order chi connectivity index (χ1) is 50.1. The first-order valence-corrected chi connectivity index (χ1v) is 35.7. The zero-order valence-corrected chi connectivity index (χ0v) is 57.5. The molecule has 0 amide bonds. The molecule has 0 atom stereocenters. The lowest BCUT2D eigenvalue weighted by molar-refractivity contribution is 0.660. The largest absolute Gasteiger partial charge is 0.309 e. The van der Waals surface area contributed by atoms with Gasteiger partial charge in [-0.3, -0.25) is 0 Å². The van der Waals surface area contributed by atoms with Crippen molar-refractivity contribution < 1.29 is 0 Å². The fourth-order valence-electron chi connectivity index (χ4n) is 17.2. The Labute approximate surface area is 597 Å². The molecule has 0 bridgehead atoms. The molecule has 0 N–H and O–H groups in total. The van der Waals surface area contributed by atoms with Crippen molar-refractivity contribution in [1.82, 2.24) is 0 Å². The van der Waals surface area contributed by atoms with Gasteiger partial charge in [-0.15, -0.1) is 0 Å². The van der Waals surface area contributed by atoms with E-state index in [1.165, 1.54) is 121 Å². The Morgan fingerprint density at radius 1 is 0.176 bits per heavy atom. The molecule has 0 fully saturated rings. The van der Waals surface area contributed by atoms with Gasteiger partial charge >= 0.3 is 0 Å². The summed E-state index contributed by atoms with van der Waals surface area (Å²) in [5.41, 5.74) is 31.0. The molecule has 2 nitrogen and oxygen atoms in total. The lowest BCUT2D eigenvalue weighted by atomic mass is 9.82. The zero-order valence-electron chi connectivity index (χ0n) is 57.5. The Kier molecular flexibility index (Phi) is 14.3. The predicted molar refractivity (Wildman–Crippen MR) is 434 cm³/mol. The van der Waals surface area contributed by atoms with Crippen molar-refractivity contribution in [3.63, 3.8) is 0 Å². The van der Waals surface area contributed by atoms with Crippen LogP contribution in [0.25, 0.3) is 132 Å². The van der Waals surface area contributed by atoms with Crippen LogP contribution in [-0.4, -0.2) is 0 Å². The van der Waals surface area contributed by atoms with Crippen molar-refractivity contribution in [3.8, 4) is 89.0 Å². The van der Waals surface area contributed by atoms with Crippen LogP contribution in [0.3, 0.4) is 0 Å². The summed E-state index contributed by atoms with van der Waals surface area (Å²) in [7, 11) is 0. The van der Waals surface area contributed by atoms with E-state index < -0.39 is 0 Å². The minimum absolute atomic E-state index is 0.196. The van der Waals surface area contributed by atoms with Gasteiger partial charge in [0, 0.05) is 55.5 Å². The maximum atomic E-state index is 2.55. The topological polar surface area (TPSA) is 6.48 Å². The Balaban J connectivity index is 0.734. The van der Waals surface area contributed by atoms with E-state index >= 15 is 0 Å². The molecular weight excluding hydrogens is 1230 g/mol. The summed E-state index contributed by atoms with van der Waals surface area (Å²) in [4.78, 5) is 5.09. The van der Waals surface area contributed by atoms with E-state index in [4.69, 9.17) is 0 Å². The number of benzene rings is 17. The Hall–Kier alpha value is -12.6. The molecular formula is C100H72N2. The molecule has 0 saturated carbocycles. The summed E-state index contributed by atoms with van der Waals surface area (Å²) in [6.07, 6.45) is 0. The third-order valence-electron chi connectivity index (χ3n) is 22.3. The summed E-state index contributed by atoms with van der Waals surface area (Å²) < 4.78 is 0. The van der Waals surface area contributed by atoms with Crippen molar-refractivity contribution in [2.24, 2.45) is 0 Å². The number of hydrogen-bond acceptors (Lipinski definition) is 2. The monoisotopic (exact) mass is 1300 g/mol. The standard InChI is InChI=1S/C100H72N2/c1-99(2)91-40-21-19-34-83(91)85-60-58-77(63-93(85)99)101(97-89-38-17-13-32-81(89)79-30-11-15-36-87(79)95(97)72-48-46-67(47-49-72)65-24-7-5-8-25-65)75-56-52-70(53-57-75)68-42-44-71(45-43-68)73-28-23-29-74(62-73)96-88-37-16-12-31-80(88)82-33-14-18-39-90(82)98(96)102(76-54-50-69(51-55-76)66-26-9-6-10-27-66)78-59-61-86-84-35-20-22-41-92(84)100(3,4)94(86)64-78/h5-64H,1-4H3. The van der Waals surface area contributed by atoms with Crippen LogP contribution >= 0.6 is 0 Å². The van der Waals surface area contributed by atoms with E-state index in [0.717, 1.165) is 67.5 Å². The molecule has 0 unspecified atom stereocenters. The highest BCUT2D eigenvalue weighted by Crippen LogP contribution is 2.57. The third kappa shape index (κ3) is 9.84. The minimum Gasteiger partial charge on any atom is -0.309 e. The van der Waals surface area contributed by atoms with Gasteiger partial charge in [0.25, 0.3) is 0 Å². The molecule has 17 aromatic rings. The first kappa shape index (κ1) is 60.5. The number of hydrogen-bond donors (Lipinski definition) is 0. The van der Waals surface area contributed by atoms with Crippen LogP contribution in [0.15, 0.2) is 364 Å². The first-order valence-electron chi connectivity index (χ1n) is 35.7. The quantitative estimate of drug-likeness (QED) is 0.113. The van der Waals surface area contributed by atoms with Crippen LogP contribution in [0.5, 0.6) is 0 Å². The molecule has 2 aliphatic rings. The van der Waals surface area contributed by atoms with Crippen molar-refractivity contribution >= 4 is 77.2 Å².